The van der Waals surface area contributed by atoms with Gasteiger partial charge >= 0.3 is 0 Å². The van der Waals surface area contributed by atoms with E-state index in [0.717, 1.165) is 27.2 Å². The number of hydrogen-bond donors (Lipinski definition) is 0. The molecule has 234 valence electrons. The molecule has 5 aromatic rings. The van der Waals surface area contributed by atoms with Gasteiger partial charge in [0.2, 0.25) is 11.8 Å². The van der Waals surface area contributed by atoms with E-state index >= 15 is 14.4 Å². The summed E-state index contributed by atoms with van der Waals surface area (Å²) < 4.78 is 0. The summed E-state index contributed by atoms with van der Waals surface area (Å²) in [5, 5.41) is 11.8. The van der Waals surface area contributed by atoms with Crippen LogP contribution in [-0.2, 0) is 25.2 Å². The molecule has 0 spiro atoms. The summed E-state index contributed by atoms with van der Waals surface area (Å²) in [5.41, 5.74) is 3.11. The zero-order valence-electron chi connectivity index (χ0n) is 26.3. The van der Waals surface area contributed by atoms with E-state index in [1.165, 1.54) is 24.3 Å². The smallest absolute Gasteiger partial charge is 0.271 e. The van der Waals surface area contributed by atoms with E-state index in [4.69, 9.17) is 0 Å². The highest BCUT2D eigenvalue weighted by Gasteiger charge is 2.82. The van der Waals surface area contributed by atoms with Gasteiger partial charge in [0.1, 0.15) is 0 Å². The lowest BCUT2D eigenvalue weighted by Crippen LogP contribution is -2.45. The number of anilines is 1. The van der Waals surface area contributed by atoms with Crippen LogP contribution >= 0.6 is 0 Å². The number of hydrogen-bond acceptors (Lipinski definition) is 5. The van der Waals surface area contributed by atoms with Gasteiger partial charge in [0.05, 0.1) is 33.3 Å². The molecule has 8 rings (SSSR count). The number of ketones is 1. The Morgan fingerprint density at radius 1 is 0.583 bits per heavy atom. The predicted molar refractivity (Wildman–Crippen MR) is 183 cm³/mol. The largest absolute Gasteiger partial charge is 0.297 e. The number of Topliss-reactive ketones (excluding diaryl/α,β-unsaturated/α-hetero) is 1. The molecule has 5 aromatic carbocycles. The maximum Gasteiger partial charge on any atom is 0.271 e. The second-order valence-electron chi connectivity index (χ2n) is 12.9. The minimum atomic E-state index is -1.54. The molecule has 1 saturated heterocycles. The molecule has 4 atom stereocenters. The lowest BCUT2D eigenvalue weighted by molar-refractivity contribution is -0.384. The van der Waals surface area contributed by atoms with Gasteiger partial charge in [-0.2, -0.15) is 0 Å². The van der Waals surface area contributed by atoms with E-state index in [2.05, 4.69) is 0 Å². The van der Waals surface area contributed by atoms with Crippen molar-refractivity contribution in [2.24, 2.45) is 11.8 Å². The van der Waals surface area contributed by atoms with Crippen LogP contribution in [0.25, 0.3) is 11.1 Å². The maximum atomic E-state index is 16.0. The van der Waals surface area contributed by atoms with Crippen molar-refractivity contribution < 1.29 is 19.3 Å². The molecule has 1 saturated carbocycles. The molecule has 2 aliphatic carbocycles. The van der Waals surface area contributed by atoms with Crippen molar-refractivity contribution in [3.8, 4) is 0 Å². The first kappa shape index (κ1) is 29.5. The van der Waals surface area contributed by atoms with Gasteiger partial charge < -0.3 is 0 Å². The van der Waals surface area contributed by atoms with Gasteiger partial charge in [0.25, 0.3) is 5.69 Å². The molecule has 0 aromatic heterocycles. The zero-order chi connectivity index (χ0) is 33.4. The lowest BCUT2D eigenvalue weighted by Gasteiger charge is -2.39. The molecule has 7 heteroatoms. The summed E-state index contributed by atoms with van der Waals surface area (Å²) in [6.45, 7) is 3.99. The summed E-state index contributed by atoms with van der Waals surface area (Å²) >= 11 is 0. The molecule has 3 aliphatic rings. The highest BCUT2D eigenvalue weighted by atomic mass is 16.6. The Morgan fingerprint density at radius 3 is 1.44 bits per heavy atom. The van der Waals surface area contributed by atoms with Crippen LogP contribution < -0.4 is 4.90 Å². The number of imide groups is 1. The number of benzene rings is 5. The molecule has 0 radical (unpaired) electrons. The van der Waals surface area contributed by atoms with Crippen LogP contribution in [0.4, 0.5) is 11.4 Å². The second-order valence-corrected chi connectivity index (χ2v) is 12.9. The number of allylic oxidation sites excluding steroid dienone is 2. The van der Waals surface area contributed by atoms with E-state index in [1.807, 2.05) is 123 Å². The topological polar surface area (TPSA) is 97.6 Å². The number of fused-ring (bicyclic) bond motifs is 5. The first-order valence-corrected chi connectivity index (χ1v) is 15.9. The Balaban J connectivity index is 1.54. The second kappa shape index (κ2) is 10.5. The average Bonchev–Trinajstić information content (AvgIpc) is 3.62. The normalized spacial score (nSPS) is 24.4. The minimum Gasteiger partial charge on any atom is -0.297 e. The number of rotatable bonds is 6. The number of non-ortho nitro benzene ring substituents is 1. The van der Waals surface area contributed by atoms with Crippen molar-refractivity contribution in [1.29, 1.82) is 0 Å². The Morgan fingerprint density at radius 2 is 1.02 bits per heavy atom. The molecule has 1 heterocycles. The van der Waals surface area contributed by atoms with Gasteiger partial charge in [-0.1, -0.05) is 126 Å². The Hall–Kier alpha value is -5.95. The molecule has 7 nitrogen and oxygen atoms in total. The highest BCUT2D eigenvalue weighted by Crippen LogP contribution is 2.74. The van der Waals surface area contributed by atoms with E-state index in [1.54, 1.807) is 0 Å². The van der Waals surface area contributed by atoms with Crippen LogP contribution in [0.2, 0.25) is 0 Å². The van der Waals surface area contributed by atoms with Crippen molar-refractivity contribution >= 4 is 40.1 Å². The molecule has 0 N–H and O–H groups in total. The van der Waals surface area contributed by atoms with Crippen LogP contribution in [0, 0.1) is 35.8 Å². The fourth-order valence-corrected chi connectivity index (χ4v) is 8.56. The molecule has 2 amide bonds. The lowest BCUT2D eigenvalue weighted by atomic mass is 9.59. The molecule has 48 heavy (non-hydrogen) atoms. The number of carbonyl (C=O) groups is 3. The number of amides is 2. The number of nitro benzene ring substituents is 1. The van der Waals surface area contributed by atoms with E-state index in [-0.39, 0.29) is 17.2 Å². The van der Waals surface area contributed by atoms with Gasteiger partial charge in [0.15, 0.2) is 5.78 Å². The summed E-state index contributed by atoms with van der Waals surface area (Å²) in [7, 11) is 0. The Kier molecular flexibility index (Phi) is 6.47. The molecular formula is C41H30N2O5. The third-order valence-electron chi connectivity index (χ3n) is 10.4. The van der Waals surface area contributed by atoms with Crippen LogP contribution in [0.3, 0.4) is 0 Å². The van der Waals surface area contributed by atoms with Crippen LogP contribution in [0.5, 0.6) is 0 Å². The monoisotopic (exact) mass is 630 g/mol. The van der Waals surface area contributed by atoms with Gasteiger partial charge in [-0.3, -0.25) is 24.5 Å². The van der Waals surface area contributed by atoms with Crippen molar-refractivity contribution in [1.82, 2.24) is 0 Å². The van der Waals surface area contributed by atoms with Crippen LogP contribution in [0.15, 0.2) is 133 Å². The first-order valence-electron chi connectivity index (χ1n) is 15.9. The van der Waals surface area contributed by atoms with Crippen LogP contribution in [-0.4, -0.2) is 22.5 Å². The van der Waals surface area contributed by atoms with Crippen molar-refractivity contribution in [2.75, 3.05) is 4.90 Å². The first-order chi connectivity index (χ1) is 23.2. The van der Waals surface area contributed by atoms with Crippen molar-refractivity contribution in [3.05, 3.63) is 177 Å². The van der Waals surface area contributed by atoms with Crippen molar-refractivity contribution in [3.63, 3.8) is 0 Å². The van der Waals surface area contributed by atoms with Gasteiger partial charge in [-0.15, -0.1) is 0 Å². The molecular weight excluding hydrogens is 600 g/mol. The van der Waals surface area contributed by atoms with Gasteiger partial charge in [-0.05, 0) is 53.3 Å². The SMILES string of the molecule is Cc1ccc(C2=C(c3ccc(C)cc3)[C@@]3(c4ccccc4)C(=O)[C@@]2(c2ccccc2)[C@@H]2C(=O)N(c4cccc([N+](=O)[O-])c4)C(=O)[C@H]23)cc1. The zero-order valence-corrected chi connectivity index (χ0v) is 26.3. The standard InChI is InChI=1S/C41H30N2O5/c1-25-16-20-27(21-17-25)33-34(28-22-18-26(2)19-23-28)41(30-12-7-4-8-13-30)36-35(40(33,39(41)46)29-10-5-3-6-11-29)37(44)42(38(36)45)31-14-9-15-32(24-31)43(47)48/h3-24,35-36H,1-2H3/t35-,36-,40+,41+/m0/s1. The summed E-state index contributed by atoms with van der Waals surface area (Å²) in [6, 6.07) is 40.1. The summed E-state index contributed by atoms with van der Waals surface area (Å²) in [6.07, 6.45) is 0. The molecule has 1 aliphatic heterocycles. The van der Waals surface area contributed by atoms with E-state index < -0.39 is 39.4 Å². The minimum absolute atomic E-state index is 0.112. The highest BCUT2D eigenvalue weighted by molar-refractivity contribution is 6.39. The maximum absolute atomic E-state index is 16.0. The van der Waals surface area contributed by atoms with Crippen LogP contribution in [0.1, 0.15) is 33.4 Å². The number of nitro groups is 1. The third kappa shape index (κ3) is 3.72. The summed E-state index contributed by atoms with van der Waals surface area (Å²) in [5.74, 6) is -3.52. The predicted octanol–water partition coefficient (Wildman–Crippen LogP) is 7.40. The summed E-state index contributed by atoms with van der Waals surface area (Å²) in [4.78, 5) is 58.3. The number of nitrogens with zero attached hydrogens (tertiary/aromatic N) is 2. The van der Waals surface area contributed by atoms with Crippen molar-refractivity contribution in [2.45, 2.75) is 24.7 Å². The average molecular weight is 631 g/mol. The quantitative estimate of drug-likeness (QED) is 0.111. The Bertz CT molecular complexity index is 2060. The molecule has 0 unspecified atom stereocenters. The Labute approximate surface area is 277 Å². The van der Waals surface area contributed by atoms with Gasteiger partial charge in [-0.25, -0.2) is 4.90 Å². The molecule has 2 bridgehead atoms. The van der Waals surface area contributed by atoms with Gasteiger partial charge in [0, 0.05) is 12.1 Å². The molecule has 2 fully saturated rings. The number of carbonyl (C=O) groups excluding carboxylic acids is 3. The number of aryl methyl sites for hydroxylation is 2. The van der Waals surface area contributed by atoms with E-state index in [9.17, 15) is 10.1 Å². The third-order valence-corrected chi connectivity index (χ3v) is 10.4. The van der Waals surface area contributed by atoms with E-state index in [0.29, 0.717) is 22.3 Å². The fraction of sp³-hybridized carbons (Fsp3) is 0.146. The fourth-order valence-electron chi connectivity index (χ4n) is 8.56.